The number of amides is 2. The Balaban J connectivity index is 2.28. The fourth-order valence-corrected chi connectivity index (χ4v) is 1.21. The van der Waals surface area contributed by atoms with E-state index in [9.17, 15) is 4.79 Å². The number of carbonyl (C=O) groups excluding carboxylic acids is 1. The molecule has 17 heavy (non-hydrogen) atoms. The minimum atomic E-state index is -0.0938. The van der Waals surface area contributed by atoms with Crippen molar-refractivity contribution in [1.82, 2.24) is 20.2 Å². The van der Waals surface area contributed by atoms with E-state index < -0.39 is 0 Å². The number of rotatable bonds is 5. The Bertz CT molecular complexity index is 367. The molecule has 0 spiro atoms. The SMILES string of the molecule is CCc1cc(NCCNC(=O)N(C)C)ncn1. The Morgan fingerprint density at radius 3 is 2.76 bits per heavy atom. The van der Waals surface area contributed by atoms with Crippen molar-refractivity contribution in [2.24, 2.45) is 0 Å². The fraction of sp³-hybridized carbons (Fsp3) is 0.545. The molecular weight excluding hydrogens is 218 g/mol. The fourth-order valence-electron chi connectivity index (χ4n) is 1.21. The quantitative estimate of drug-likeness (QED) is 0.740. The van der Waals surface area contributed by atoms with Crippen LogP contribution in [-0.2, 0) is 6.42 Å². The average Bonchev–Trinajstić information content (AvgIpc) is 2.34. The predicted octanol–water partition coefficient (Wildman–Crippen LogP) is 0.722. The summed E-state index contributed by atoms with van der Waals surface area (Å²) in [7, 11) is 3.42. The van der Waals surface area contributed by atoms with Crippen molar-refractivity contribution in [3.05, 3.63) is 18.1 Å². The standard InChI is InChI=1S/C11H19N5O/c1-4-9-7-10(15-8-14-9)12-5-6-13-11(17)16(2)3/h7-8H,4-6H2,1-3H3,(H,13,17)(H,12,14,15). The molecular formula is C11H19N5O. The summed E-state index contributed by atoms with van der Waals surface area (Å²) < 4.78 is 0. The highest BCUT2D eigenvalue weighted by Crippen LogP contribution is 2.03. The van der Waals surface area contributed by atoms with E-state index in [2.05, 4.69) is 20.6 Å². The van der Waals surface area contributed by atoms with Gasteiger partial charge < -0.3 is 15.5 Å². The van der Waals surface area contributed by atoms with E-state index in [1.807, 2.05) is 13.0 Å². The van der Waals surface area contributed by atoms with Gasteiger partial charge in [-0.15, -0.1) is 0 Å². The van der Waals surface area contributed by atoms with Crippen LogP contribution in [0.1, 0.15) is 12.6 Å². The summed E-state index contributed by atoms with van der Waals surface area (Å²) in [5.74, 6) is 0.788. The van der Waals surface area contributed by atoms with Crippen molar-refractivity contribution in [3.63, 3.8) is 0 Å². The Labute approximate surface area is 101 Å². The smallest absolute Gasteiger partial charge is 0.316 e. The molecule has 1 rings (SSSR count). The molecule has 94 valence electrons. The second-order valence-electron chi connectivity index (χ2n) is 3.80. The zero-order valence-electron chi connectivity index (χ0n) is 10.5. The summed E-state index contributed by atoms with van der Waals surface area (Å²) in [5, 5.41) is 5.89. The van der Waals surface area contributed by atoms with Crippen LogP contribution in [0.2, 0.25) is 0 Å². The van der Waals surface area contributed by atoms with Crippen LogP contribution in [0.5, 0.6) is 0 Å². The van der Waals surface area contributed by atoms with E-state index in [4.69, 9.17) is 0 Å². The molecule has 6 heteroatoms. The zero-order valence-corrected chi connectivity index (χ0v) is 10.5. The van der Waals surface area contributed by atoms with Crippen LogP contribution in [0.25, 0.3) is 0 Å². The number of hydrogen-bond donors (Lipinski definition) is 2. The zero-order chi connectivity index (χ0) is 12.7. The Morgan fingerprint density at radius 2 is 2.12 bits per heavy atom. The third-order valence-electron chi connectivity index (χ3n) is 2.20. The molecule has 1 aromatic rings. The van der Waals surface area contributed by atoms with Gasteiger partial charge in [0.15, 0.2) is 0 Å². The monoisotopic (exact) mass is 237 g/mol. The third kappa shape index (κ3) is 4.67. The molecule has 0 aromatic carbocycles. The summed E-state index contributed by atoms with van der Waals surface area (Å²) in [6.07, 6.45) is 2.42. The Kier molecular flexibility index (Phi) is 5.19. The van der Waals surface area contributed by atoms with Gasteiger partial charge in [0, 0.05) is 38.9 Å². The number of nitrogens with one attached hydrogen (secondary N) is 2. The van der Waals surface area contributed by atoms with E-state index in [0.717, 1.165) is 17.9 Å². The first-order valence-electron chi connectivity index (χ1n) is 5.63. The van der Waals surface area contributed by atoms with Gasteiger partial charge in [0.1, 0.15) is 12.1 Å². The summed E-state index contributed by atoms with van der Waals surface area (Å²) in [6, 6.07) is 1.82. The lowest BCUT2D eigenvalue weighted by molar-refractivity contribution is 0.218. The first-order valence-corrected chi connectivity index (χ1v) is 5.63. The minimum absolute atomic E-state index is 0.0938. The van der Waals surface area contributed by atoms with Crippen LogP contribution in [0.15, 0.2) is 12.4 Å². The van der Waals surface area contributed by atoms with Gasteiger partial charge in [0.25, 0.3) is 0 Å². The molecule has 6 nitrogen and oxygen atoms in total. The molecule has 0 radical (unpaired) electrons. The molecule has 0 fully saturated rings. The van der Waals surface area contributed by atoms with Crippen LogP contribution in [-0.4, -0.2) is 48.1 Å². The van der Waals surface area contributed by atoms with Gasteiger partial charge in [0.05, 0.1) is 0 Å². The third-order valence-corrected chi connectivity index (χ3v) is 2.20. The van der Waals surface area contributed by atoms with Crippen molar-refractivity contribution < 1.29 is 4.79 Å². The van der Waals surface area contributed by atoms with E-state index in [1.54, 1.807) is 20.4 Å². The summed E-state index contributed by atoms with van der Waals surface area (Å²) >= 11 is 0. The van der Waals surface area contributed by atoms with Crippen molar-refractivity contribution in [1.29, 1.82) is 0 Å². The van der Waals surface area contributed by atoms with E-state index in [0.29, 0.717) is 13.1 Å². The number of aromatic nitrogens is 2. The lowest BCUT2D eigenvalue weighted by Crippen LogP contribution is -2.37. The van der Waals surface area contributed by atoms with Gasteiger partial charge in [-0.05, 0) is 6.42 Å². The lowest BCUT2D eigenvalue weighted by Gasteiger charge is -2.12. The molecule has 0 aliphatic carbocycles. The maximum absolute atomic E-state index is 11.2. The second-order valence-corrected chi connectivity index (χ2v) is 3.80. The molecule has 0 aliphatic heterocycles. The second kappa shape index (κ2) is 6.67. The number of aryl methyl sites for hydroxylation is 1. The molecule has 0 saturated carbocycles. The molecule has 0 unspecified atom stereocenters. The molecule has 1 heterocycles. The lowest BCUT2D eigenvalue weighted by atomic mass is 10.3. The molecule has 0 atom stereocenters. The van der Waals surface area contributed by atoms with Crippen LogP contribution >= 0.6 is 0 Å². The summed E-state index contributed by atoms with van der Waals surface area (Å²) in [6.45, 7) is 3.24. The highest BCUT2D eigenvalue weighted by atomic mass is 16.2. The Morgan fingerprint density at radius 1 is 1.35 bits per heavy atom. The summed E-state index contributed by atoms with van der Waals surface area (Å²) in [4.78, 5) is 20.9. The number of hydrogen-bond acceptors (Lipinski definition) is 4. The first-order chi connectivity index (χ1) is 8.13. The van der Waals surface area contributed by atoms with Crippen molar-refractivity contribution in [2.45, 2.75) is 13.3 Å². The minimum Gasteiger partial charge on any atom is -0.368 e. The maximum atomic E-state index is 11.2. The topological polar surface area (TPSA) is 70.2 Å². The normalized spacial score (nSPS) is 9.82. The molecule has 1 aromatic heterocycles. The van der Waals surface area contributed by atoms with E-state index in [-0.39, 0.29) is 6.03 Å². The van der Waals surface area contributed by atoms with Crippen LogP contribution in [0.3, 0.4) is 0 Å². The molecule has 0 bridgehead atoms. The Hall–Kier alpha value is -1.85. The van der Waals surface area contributed by atoms with E-state index >= 15 is 0 Å². The van der Waals surface area contributed by atoms with E-state index in [1.165, 1.54) is 4.90 Å². The van der Waals surface area contributed by atoms with Gasteiger partial charge in [0.2, 0.25) is 0 Å². The molecule has 0 aliphatic rings. The number of urea groups is 1. The maximum Gasteiger partial charge on any atom is 0.316 e. The average molecular weight is 237 g/mol. The molecule has 0 saturated heterocycles. The van der Waals surface area contributed by atoms with Crippen LogP contribution in [0.4, 0.5) is 10.6 Å². The number of carbonyl (C=O) groups is 1. The number of anilines is 1. The van der Waals surface area contributed by atoms with Crippen molar-refractivity contribution in [3.8, 4) is 0 Å². The van der Waals surface area contributed by atoms with Crippen molar-refractivity contribution >= 4 is 11.8 Å². The van der Waals surface area contributed by atoms with Gasteiger partial charge in [-0.2, -0.15) is 0 Å². The van der Waals surface area contributed by atoms with Gasteiger partial charge in [-0.25, -0.2) is 14.8 Å². The number of nitrogens with zero attached hydrogens (tertiary/aromatic N) is 3. The van der Waals surface area contributed by atoms with Gasteiger partial charge >= 0.3 is 6.03 Å². The van der Waals surface area contributed by atoms with Crippen LogP contribution in [0, 0.1) is 0 Å². The highest BCUT2D eigenvalue weighted by Gasteiger charge is 2.01. The van der Waals surface area contributed by atoms with Crippen LogP contribution < -0.4 is 10.6 Å². The molecule has 2 amide bonds. The van der Waals surface area contributed by atoms with Crippen molar-refractivity contribution in [2.75, 3.05) is 32.5 Å². The molecule has 2 N–H and O–H groups in total. The highest BCUT2D eigenvalue weighted by molar-refractivity contribution is 5.73. The van der Waals surface area contributed by atoms with Gasteiger partial charge in [-0.1, -0.05) is 6.92 Å². The first kappa shape index (κ1) is 13.2. The predicted molar refractivity (Wildman–Crippen MR) is 67.0 cm³/mol. The summed E-state index contributed by atoms with van der Waals surface area (Å²) in [5.41, 5.74) is 1.000. The largest absolute Gasteiger partial charge is 0.368 e. The van der Waals surface area contributed by atoms with Gasteiger partial charge in [-0.3, -0.25) is 0 Å².